The predicted octanol–water partition coefficient (Wildman–Crippen LogP) is 3.19. The molecule has 2 N–H and O–H groups in total. The van der Waals surface area contributed by atoms with Crippen LogP contribution in [0.4, 0.5) is 0 Å². The second kappa shape index (κ2) is 5.74. The van der Waals surface area contributed by atoms with Crippen LogP contribution in [0.1, 0.15) is 29.6 Å². The van der Waals surface area contributed by atoms with Crippen molar-refractivity contribution in [3.63, 3.8) is 0 Å². The average Bonchev–Trinajstić information content (AvgIpc) is 2.77. The summed E-state index contributed by atoms with van der Waals surface area (Å²) in [6.45, 7) is 5.00. The molecule has 0 saturated carbocycles. The Bertz CT molecular complexity index is 500. The van der Waals surface area contributed by atoms with Gasteiger partial charge in [0.2, 0.25) is 0 Å². The van der Waals surface area contributed by atoms with Crippen molar-refractivity contribution in [2.45, 2.75) is 33.4 Å². The molecule has 0 spiro atoms. The number of hydrogen-bond acceptors (Lipinski definition) is 3. The molecular weight excluding hydrogens is 226 g/mol. The summed E-state index contributed by atoms with van der Waals surface area (Å²) in [7, 11) is 0. The third-order valence-electron chi connectivity index (χ3n) is 3.00. The molecule has 2 aromatic rings. The first-order chi connectivity index (χ1) is 8.72. The minimum Gasteiger partial charge on any atom is -0.489 e. The molecule has 2 rings (SSSR count). The van der Waals surface area contributed by atoms with Gasteiger partial charge in [0.05, 0.1) is 6.54 Å². The van der Waals surface area contributed by atoms with E-state index in [2.05, 4.69) is 19.1 Å². The number of ether oxygens (including phenoxy) is 1. The molecule has 0 atom stereocenters. The molecular formula is C15H19NO2. The molecule has 96 valence electrons. The minimum absolute atomic E-state index is 0.423. The Kier molecular flexibility index (Phi) is 4.05. The molecule has 3 heteroatoms. The summed E-state index contributed by atoms with van der Waals surface area (Å²) in [6.07, 6.45) is 1.04. The quantitative estimate of drug-likeness (QED) is 0.880. The van der Waals surface area contributed by atoms with Gasteiger partial charge in [0.15, 0.2) is 0 Å². The summed E-state index contributed by atoms with van der Waals surface area (Å²) >= 11 is 0. The monoisotopic (exact) mass is 245 g/mol. The van der Waals surface area contributed by atoms with Crippen molar-refractivity contribution < 1.29 is 9.15 Å². The highest BCUT2D eigenvalue weighted by Gasteiger charge is 2.06. The fraction of sp³-hybridized carbons (Fsp3) is 0.333. The van der Waals surface area contributed by atoms with Gasteiger partial charge in [-0.3, -0.25) is 0 Å². The number of aryl methyl sites for hydroxylation is 2. The smallest absolute Gasteiger partial charge is 0.119 e. The van der Waals surface area contributed by atoms with Crippen LogP contribution in [-0.4, -0.2) is 0 Å². The summed E-state index contributed by atoms with van der Waals surface area (Å²) in [5.41, 5.74) is 7.90. The van der Waals surface area contributed by atoms with Gasteiger partial charge in [-0.05, 0) is 37.1 Å². The lowest BCUT2D eigenvalue weighted by Crippen LogP contribution is -1.96. The molecule has 1 aromatic carbocycles. The number of furan rings is 1. The standard InChI is InChI=1S/C15H19NO2/c1-3-12-4-6-14(7-5-12)17-10-13-8-15(9-16)18-11(13)2/h4-8H,3,9-10,16H2,1-2H3. The van der Waals surface area contributed by atoms with Crippen LogP contribution < -0.4 is 10.5 Å². The SMILES string of the molecule is CCc1ccc(OCc2cc(CN)oc2C)cc1. The number of benzene rings is 1. The Morgan fingerprint density at radius 3 is 2.50 bits per heavy atom. The maximum absolute atomic E-state index is 5.73. The van der Waals surface area contributed by atoms with Crippen molar-refractivity contribution in [3.05, 3.63) is 53.0 Å². The predicted molar refractivity (Wildman–Crippen MR) is 71.5 cm³/mol. The van der Waals surface area contributed by atoms with Crippen LogP contribution in [0.25, 0.3) is 0 Å². The van der Waals surface area contributed by atoms with Gasteiger partial charge in [-0.1, -0.05) is 19.1 Å². The fourth-order valence-corrected chi connectivity index (χ4v) is 1.81. The highest BCUT2D eigenvalue weighted by molar-refractivity contribution is 5.28. The van der Waals surface area contributed by atoms with Crippen molar-refractivity contribution in [3.8, 4) is 5.75 Å². The lowest BCUT2D eigenvalue weighted by molar-refractivity contribution is 0.303. The maximum Gasteiger partial charge on any atom is 0.119 e. The van der Waals surface area contributed by atoms with Crippen molar-refractivity contribution in [2.75, 3.05) is 0 Å². The Morgan fingerprint density at radius 1 is 1.22 bits per heavy atom. The normalized spacial score (nSPS) is 10.6. The highest BCUT2D eigenvalue weighted by Crippen LogP contribution is 2.18. The van der Waals surface area contributed by atoms with E-state index in [-0.39, 0.29) is 0 Å². The summed E-state index contributed by atoms with van der Waals surface area (Å²) in [4.78, 5) is 0. The van der Waals surface area contributed by atoms with E-state index >= 15 is 0 Å². The zero-order chi connectivity index (χ0) is 13.0. The zero-order valence-corrected chi connectivity index (χ0v) is 10.9. The lowest BCUT2D eigenvalue weighted by atomic mass is 10.2. The summed E-state index contributed by atoms with van der Waals surface area (Å²) in [5, 5.41) is 0. The molecule has 0 radical (unpaired) electrons. The van der Waals surface area contributed by atoms with Crippen LogP contribution in [0.3, 0.4) is 0 Å². The Labute approximate surface area is 108 Å². The van der Waals surface area contributed by atoms with Crippen molar-refractivity contribution in [1.82, 2.24) is 0 Å². The Morgan fingerprint density at radius 2 is 1.94 bits per heavy atom. The summed E-state index contributed by atoms with van der Waals surface area (Å²) in [5.74, 6) is 2.55. The summed E-state index contributed by atoms with van der Waals surface area (Å²) in [6, 6.07) is 10.1. The molecule has 0 saturated heterocycles. The van der Waals surface area contributed by atoms with Gasteiger partial charge in [0.1, 0.15) is 23.9 Å². The van der Waals surface area contributed by atoms with Gasteiger partial charge in [-0.15, -0.1) is 0 Å². The topological polar surface area (TPSA) is 48.4 Å². The van der Waals surface area contributed by atoms with Crippen LogP contribution in [0.15, 0.2) is 34.7 Å². The lowest BCUT2D eigenvalue weighted by Gasteiger charge is -2.05. The first-order valence-electron chi connectivity index (χ1n) is 6.23. The van der Waals surface area contributed by atoms with E-state index in [4.69, 9.17) is 14.9 Å². The largest absolute Gasteiger partial charge is 0.489 e. The van der Waals surface area contributed by atoms with Gasteiger partial charge < -0.3 is 14.9 Å². The minimum atomic E-state index is 0.423. The van der Waals surface area contributed by atoms with E-state index in [1.165, 1.54) is 5.56 Å². The van der Waals surface area contributed by atoms with Gasteiger partial charge >= 0.3 is 0 Å². The number of hydrogen-bond donors (Lipinski definition) is 1. The van der Waals surface area contributed by atoms with Crippen LogP contribution >= 0.6 is 0 Å². The average molecular weight is 245 g/mol. The third-order valence-corrected chi connectivity index (χ3v) is 3.00. The first-order valence-corrected chi connectivity index (χ1v) is 6.23. The van der Waals surface area contributed by atoms with E-state index < -0.39 is 0 Å². The molecule has 0 fully saturated rings. The van der Waals surface area contributed by atoms with Crippen molar-refractivity contribution >= 4 is 0 Å². The molecule has 0 aliphatic carbocycles. The zero-order valence-electron chi connectivity index (χ0n) is 10.9. The molecule has 0 amide bonds. The Balaban J connectivity index is 1.99. The van der Waals surface area contributed by atoms with E-state index in [1.807, 2.05) is 25.1 Å². The van der Waals surface area contributed by atoms with Crippen LogP contribution in [0.2, 0.25) is 0 Å². The van der Waals surface area contributed by atoms with Gasteiger partial charge in [-0.25, -0.2) is 0 Å². The van der Waals surface area contributed by atoms with Gasteiger partial charge in [0, 0.05) is 5.56 Å². The van der Waals surface area contributed by atoms with Gasteiger partial charge in [-0.2, -0.15) is 0 Å². The molecule has 0 aliphatic heterocycles. The van der Waals surface area contributed by atoms with E-state index in [1.54, 1.807) is 0 Å². The maximum atomic E-state index is 5.73. The van der Waals surface area contributed by atoms with Gasteiger partial charge in [0.25, 0.3) is 0 Å². The molecule has 0 aliphatic rings. The second-order valence-electron chi connectivity index (χ2n) is 4.28. The first kappa shape index (κ1) is 12.7. The highest BCUT2D eigenvalue weighted by atomic mass is 16.5. The molecule has 3 nitrogen and oxygen atoms in total. The summed E-state index contributed by atoms with van der Waals surface area (Å²) < 4.78 is 11.2. The number of nitrogens with two attached hydrogens (primary N) is 1. The van der Waals surface area contributed by atoms with Crippen molar-refractivity contribution in [1.29, 1.82) is 0 Å². The molecule has 0 bridgehead atoms. The van der Waals surface area contributed by atoms with Crippen LogP contribution in [-0.2, 0) is 19.6 Å². The van der Waals surface area contributed by atoms with Crippen LogP contribution in [0, 0.1) is 6.92 Å². The van der Waals surface area contributed by atoms with E-state index in [9.17, 15) is 0 Å². The third kappa shape index (κ3) is 2.93. The van der Waals surface area contributed by atoms with E-state index in [0.29, 0.717) is 13.2 Å². The van der Waals surface area contributed by atoms with Crippen LogP contribution in [0.5, 0.6) is 5.75 Å². The van der Waals surface area contributed by atoms with Crippen molar-refractivity contribution in [2.24, 2.45) is 5.73 Å². The Hall–Kier alpha value is -1.74. The second-order valence-corrected chi connectivity index (χ2v) is 4.28. The fourth-order valence-electron chi connectivity index (χ4n) is 1.81. The van der Waals surface area contributed by atoms with E-state index in [0.717, 1.165) is 29.3 Å². The molecule has 0 unspecified atom stereocenters. The molecule has 1 aromatic heterocycles. The molecule has 18 heavy (non-hydrogen) atoms. The molecule has 1 heterocycles. The number of rotatable bonds is 5.